The Kier molecular flexibility index (Phi) is 5.55. The number of sulfonamides is 1. The highest BCUT2D eigenvalue weighted by molar-refractivity contribution is 7.90. The monoisotopic (exact) mass is 280 g/mol. The summed E-state index contributed by atoms with van der Waals surface area (Å²) in [4.78, 5) is 0. The average molecular weight is 280 g/mol. The molecule has 1 aromatic rings. The first kappa shape index (κ1) is 15.7. The SMILES string of the molecule is CC(NS(=O)(=O)C(C)C)c1cccc(C#CCN)c1. The van der Waals surface area contributed by atoms with Crippen molar-refractivity contribution >= 4 is 10.0 Å². The molecular formula is C14H20N2O2S. The lowest BCUT2D eigenvalue weighted by Crippen LogP contribution is -2.32. The van der Waals surface area contributed by atoms with Crippen LogP contribution >= 0.6 is 0 Å². The summed E-state index contributed by atoms with van der Waals surface area (Å²) in [6, 6.07) is 7.19. The molecule has 0 saturated heterocycles. The van der Waals surface area contributed by atoms with E-state index in [1.54, 1.807) is 13.8 Å². The Hall–Kier alpha value is -1.35. The van der Waals surface area contributed by atoms with Crippen LogP contribution in [0.2, 0.25) is 0 Å². The third kappa shape index (κ3) is 4.67. The second-order valence-corrected chi connectivity index (χ2v) is 6.83. The lowest BCUT2D eigenvalue weighted by Gasteiger charge is -2.16. The van der Waals surface area contributed by atoms with Crippen LogP contribution in [0.3, 0.4) is 0 Å². The van der Waals surface area contributed by atoms with Crippen LogP contribution in [0.15, 0.2) is 24.3 Å². The fraction of sp³-hybridized carbons (Fsp3) is 0.429. The summed E-state index contributed by atoms with van der Waals surface area (Å²) in [5.74, 6) is 5.71. The van der Waals surface area contributed by atoms with Gasteiger partial charge in [-0.05, 0) is 38.5 Å². The second-order valence-electron chi connectivity index (χ2n) is 4.56. The zero-order valence-electron chi connectivity index (χ0n) is 11.5. The van der Waals surface area contributed by atoms with E-state index in [1.807, 2.05) is 31.2 Å². The van der Waals surface area contributed by atoms with Gasteiger partial charge in [-0.3, -0.25) is 0 Å². The highest BCUT2D eigenvalue weighted by Gasteiger charge is 2.19. The van der Waals surface area contributed by atoms with Crippen molar-refractivity contribution in [3.05, 3.63) is 35.4 Å². The summed E-state index contributed by atoms with van der Waals surface area (Å²) in [5.41, 5.74) is 7.04. The van der Waals surface area contributed by atoms with Gasteiger partial charge in [-0.1, -0.05) is 24.0 Å². The van der Waals surface area contributed by atoms with Gasteiger partial charge in [0.25, 0.3) is 0 Å². The Balaban J connectivity index is 2.92. The van der Waals surface area contributed by atoms with Crippen LogP contribution in [0, 0.1) is 11.8 Å². The molecule has 0 aliphatic rings. The molecule has 0 aromatic heterocycles. The minimum atomic E-state index is -3.28. The van der Waals surface area contributed by atoms with E-state index in [9.17, 15) is 8.42 Å². The van der Waals surface area contributed by atoms with Crippen molar-refractivity contribution in [1.29, 1.82) is 0 Å². The van der Waals surface area contributed by atoms with Gasteiger partial charge in [-0.15, -0.1) is 0 Å². The van der Waals surface area contributed by atoms with Crippen molar-refractivity contribution < 1.29 is 8.42 Å². The topological polar surface area (TPSA) is 72.2 Å². The Labute approximate surface area is 115 Å². The molecule has 0 aliphatic carbocycles. The number of benzene rings is 1. The molecule has 1 aromatic carbocycles. The van der Waals surface area contributed by atoms with Gasteiger partial charge in [-0.2, -0.15) is 0 Å². The van der Waals surface area contributed by atoms with Crippen molar-refractivity contribution in [3.63, 3.8) is 0 Å². The van der Waals surface area contributed by atoms with Crippen molar-refractivity contribution in [2.24, 2.45) is 5.73 Å². The minimum absolute atomic E-state index is 0.285. The van der Waals surface area contributed by atoms with Crippen molar-refractivity contribution in [3.8, 4) is 11.8 Å². The van der Waals surface area contributed by atoms with Crippen molar-refractivity contribution in [1.82, 2.24) is 4.72 Å². The highest BCUT2D eigenvalue weighted by atomic mass is 32.2. The molecule has 0 spiro atoms. The summed E-state index contributed by atoms with van der Waals surface area (Å²) < 4.78 is 26.3. The van der Waals surface area contributed by atoms with Crippen LogP contribution < -0.4 is 10.5 Å². The molecule has 1 unspecified atom stereocenters. The minimum Gasteiger partial charge on any atom is -0.320 e. The molecule has 3 N–H and O–H groups in total. The molecule has 0 heterocycles. The van der Waals surface area contributed by atoms with Gasteiger partial charge in [0, 0.05) is 11.6 Å². The van der Waals surface area contributed by atoms with Crippen molar-refractivity contribution in [2.75, 3.05) is 6.54 Å². The smallest absolute Gasteiger partial charge is 0.214 e. The molecular weight excluding hydrogens is 260 g/mol. The third-order valence-corrected chi connectivity index (χ3v) is 4.61. The molecule has 5 heteroatoms. The lowest BCUT2D eigenvalue weighted by atomic mass is 10.1. The molecule has 0 aliphatic heterocycles. The van der Waals surface area contributed by atoms with Gasteiger partial charge >= 0.3 is 0 Å². The molecule has 1 atom stereocenters. The summed E-state index contributed by atoms with van der Waals surface area (Å²) >= 11 is 0. The molecule has 0 bridgehead atoms. The number of nitrogens with one attached hydrogen (secondary N) is 1. The van der Waals surface area contributed by atoms with E-state index in [-0.39, 0.29) is 6.04 Å². The van der Waals surface area contributed by atoms with Gasteiger partial charge in [-0.25, -0.2) is 13.1 Å². The standard InChI is InChI=1S/C14H20N2O2S/c1-11(2)19(17,18)16-12(3)14-8-4-6-13(10-14)7-5-9-15/h4,6,8,10-12,16H,9,15H2,1-3H3. The number of hydrogen-bond donors (Lipinski definition) is 2. The second kappa shape index (κ2) is 6.71. The molecule has 0 fully saturated rings. The fourth-order valence-electron chi connectivity index (χ4n) is 1.49. The summed E-state index contributed by atoms with van der Waals surface area (Å²) in [5, 5.41) is -0.449. The average Bonchev–Trinajstić information content (AvgIpc) is 2.36. The van der Waals surface area contributed by atoms with Gasteiger partial charge in [0.15, 0.2) is 0 Å². The molecule has 0 radical (unpaired) electrons. The third-order valence-electron chi connectivity index (χ3n) is 2.68. The lowest BCUT2D eigenvalue weighted by molar-refractivity contribution is 0.558. The summed E-state index contributed by atoms with van der Waals surface area (Å²) in [7, 11) is -3.28. The first-order valence-corrected chi connectivity index (χ1v) is 7.71. The van der Waals surface area contributed by atoms with Crippen LogP contribution in [0.5, 0.6) is 0 Å². The van der Waals surface area contributed by atoms with Crippen molar-refractivity contribution in [2.45, 2.75) is 32.1 Å². The maximum absolute atomic E-state index is 11.8. The van der Waals surface area contributed by atoms with E-state index in [2.05, 4.69) is 16.6 Å². The largest absolute Gasteiger partial charge is 0.320 e. The van der Waals surface area contributed by atoms with Gasteiger partial charge < -0.3 is 5.73 Å². The van der Waals surface area contributed by atoms with Crippen LogP contribution in [-0.4, -0.2) is 20.2 Å². The number of hydrogen-bond acceptors (Lipinski definition) is 3. The van der Waals surface area contributed by atoms with E-state index >= 15 is 0 Å². The van der Waals surface area contributed by atoms with Gasteiger partial charge in [0.2, 0.25) is 10.0 Å². The van der Waals surface area contributed by atoms with E-state index < -0.39 is 15.3 Å². The Morgan fingerprint density at radius 1 is 1.32 bits per heavy atom. The Morgan fingerprint density at radius 2 is 2.00 bits per heavy atom. The van der Waals surface area contributed by atoms with E-state index in [0.717, 1.165) is 11.1 Å². The zero-order valence-corrected chi connectivity index (χ0v) is 12.3. The first-order chi connectivity index (χ1) is 8.86. The Morgan fingerprint density at radius 3 is 2.58 bits per heavy atom. The summed E-state index contributed by atoms with van der Waals surface area (Å²) in [6.07, 6.45) is 0. The maximum Gasteiger partial charge on any atom is 0.214 e. The first-order valence-electron chi connectivity index (χ1n) is 6.17. The predicted octanol–water partition coefficient (Wildman–Crippen LogP) is 1.39. The van der Waals surface area contributed by atoms with E-state index in [0.29, 0.717) is 6.54 Å². The molecule has 0 amide bonds. The van der Waals surface area contributed by atoms with Gasteiger partial charge in [0.1, 0.15) is 0 Å². The van der Waals surface area contributed by atoms with Crippen LogP contribution in [0.25, 0.3) is 0 Å². The molecule has 0 saturated carbocycles. The zero-order chi connectivity index (χ0) is 14.5. The summed E-state index contributed by atoms with van der Waals surface area (Å²) in [6.45, 7) is 5.42. The molecule has 104 valence electrons. The number of nitrogens with two attached hydrogens (primary N) is 1. The van der Waals surface area contributed by atoms with E-state index in [4.69, 9.17) is 5.73 Å². The number of rotatable bonds is 4. The molecule has 19 heavy (non-hydrogen) atoms. The highest BCUT2D eigenvalue weighted by Crippen LogP contribution is 2.15. The quantitative estimate of drug-likeness (QED) is 0.819. The van der Waals surface area contributed by atoms with Crippen LogP contribution in [0.4, 0.5) is 0 Å². The Bertz CT molecular complexity index is 583. The molecule has 1 rings (SSSR count). The fourth-order valence-corrected chi connectivity index (χ4v) is 2.39. The van der Waals surface area contributed by atoms with E-state index in [1.165, 1.54) is 0 Å². The normalized spacial score (nSPS) is 12.9. The molecule has 4 nitrogen and oxygen atoms in total. The van der Waals surface area contributed by atoms with Gasteiger partial charge in [0.05, 0.1) is 11.8 Å². The maximum atomic E-state index is 11.8. The van der Waals surface area contributed by atoms with Crippen LogP contribution in [0.1, 0.15) is 37.9 Å². The predicted molar refractivity (Wildman–Crippen MR) is 78.0 cm³/mol. The van der Waals surface area contributed by atoms with Crippen LogP contribution in [-0.2, 0) is 10.0 Å².